The van der Waals surface area contributed by atoms with Gasteiger partial charge in [0.05, 0.1) is 44.6 Å². The average Bonchev–Trinajstić information content (AvgIpc) is 3.03. The molecule has 1 spiro atoms. The fourth-order valence-corrected chi connectivity index (χ4v) is 4.68. The van der Waals surface area contributed by atoms with Crippen LogP contribution < -0.4 is 0 Å². The SMILES string of the molecule is C[C@H]1OC2(C[C@@H](OCc3ccccc3)[C@@H]1O[Si](C)(C)C(C)(C)C)OCCO2. The molecule has 3 rings (SSSR count). The van der Waals surface area contributed by atoms with E-state index in [2.05, 4.69) is 46.0 Å². The molecule has 2 heterocycles. The van der Waals surface area contributed by atoms with Crippen molar-refractivity contribution >= 4 is 8.32 Å². The van der Waals surface area contributed by atoms with Gasteiger partial charge in [0, 0.05) is 0 Å². The quantitative estimate of drug-likeness (QED) is 0.690. The van der Waals surface area contributed by atoms with E-state index >= 15 is 0 Å². The molecule has 0 N–H and O–H groups in total. The predicted octanol–water partition coefficient (Wildman–Crippen LogP) is 4.47. The summed E-state index contributed by atoms with van der Waals surface area (Å²) in [4.78, 5) is 0. The average molecular weight is 395 g/mol. The molecule has 2 fully saturated rings. The van der Waals surface area contributed by atoms with Crippen molar-refractivity contribution in [2.75, 3.05) is 13.2 Å². The second kappa shape index (κ2) is 7.93. The zero-order chi connectivity index (χ0) is 19.7. The maximum Gasteiger partial charge on any atom is 0.286 e. The molecule has 1 aromatic carbocycles. The van der Waals surface area contributed by atoms with E-state index in [-0.39, 0.29) is 23.4 Å². The fraction of sp³-hybridized carbons (Fsp3) is 0.714. The van der Waals surface area contributed by atoms with Crippen molar-refractivity contribution in [3.05, 3.63) is 35.9 Å². The summed E-state index contributed by atoms with van der Waals surface area (Å²) in [6.45, 7) is 14.9. The van der Waals surface area contributed by atoms with Gasteiger partial charge in [0.1, 0.15) is 0 Å². The van der Waals surface area contributed by atoms with Crippen LogP contribution in [0.5, 0.6) is 0 Å². The van der Waals surface area contributed by atoms with Gasteiger partial charge in [-0.3, -0.25) is 0 Å². The molecule has 5 nitrogen and oxygen atoms in total. The first-order valence-electron chi connectivity index (χ1n) is 9.91. The number of rotatable bonds is 5. The third-order valence-electron chi connectivity index (χ3n) is 5.92. The minimum Gasteiger partial charge on any atom is -0.409 e. The van der Waals surface area contributed by atoms with Crippen molar-refractivity contribution in [2.45, 2.75) is 83.1 Å². The van der Waals surface area contributed by atoms with Crippen LogP contribution in [0.3, 0.4) is 0 Å². The standard InChI is InChI=1S/C21H34O5Si/c1-16-19(26-27(5,6)20(2,3)4)18(14-21(25-16)23-12-13-24-21)22-15-17-10-8-7-9-11-17/h7-11,16,18-19H,12-15H2,1-6H3/t16-,18-,19-/m1/s1. The Morgan fingerprint density at radius 1 is 1.11 bits per heavy atom. The van der Waals surface area contributed by atoms with Crippen LogP contribution in [0, 0.1) is 0 Å². The second-order valence-corrected chi connectivity index (χ2v) is 13.8. The Kier molecular flexibility index (Phi) is 6.16. The molecule has 27 heavy (non-hydrogen) atoms. The van der Waals surface area contributed by atoms with Gasteiger partial charge in [0.2, 0.25) is 0 Å². The van der Waals surface area contributed by atoms with E-state index < -0.39 is 14.3 Å². The lowest BCUT2D eigenvalue weighted by atomic mass is 10.0. The van der Waals surface area contributed by atoms with Crippen molar-refractivity contribution < 1.29 is 23.4 Å². The summed E-state index contributed by atoms with van der Waals surface area (Å²) in [7, 11) is -1.98. The van der Waals surface area contributed by atoms with E-state index in [1.165, 1.54) is 0 Å². The van der Waals surface area contributed by atoms with Crippen molar-refractivity contribution in [1.82, 2.24) is 0 Å². The van der Waals surface area contributed by atoms with Crippen molar-refractivity contribution in [3.63, 3.8) is 0 Å². The Morgan fingerprint density at radius 2 is 1.74 bits per heavy atom. The molecule has 0 unspecified atom stereocenters. The molecule has 0 amide bonds. The van der Waals surface area contributed by atoms with Crippen LogP contribution in [0.1, 0.15) is 39.7 Å². The highest BCUT2D eigenvalue weighted by Gasteiger charge is 2.53. The Morgan fingerprint density at radius 3 is 2.33 bits per heavy atom. The van der Waals surface area contributed by atoms with Gasteiger partial charge in [0.15, 0.2) is 8.32 Å². The fourth-order valence-electron chi connectivity index (χ4n) is 3.31. The van der Waals surface area contributed by atoms with Gasteiger partial charge in [-0.1, -0.05) is 51.1 Å². The van der Waals surface area contributed by atoms with Gasteiger partial charge in [0.25, 0.3) is 5.97 Å². The molecule has 6 heteroatoms. The molecule has 152 valence electrons. The third-order valence-corrected chi connectivity index (χ3v) is 10.4. The first-order chi connectivity index (χ1) is 12.6. The Bertz CT molecular complexity index is 607. The summed E-state index contributed by atoms with van der Waals surface area (Å²) >= 11 is 0. The lowest BCUT2D eigenvalue weighted by Gasteiger charge is -2.48. The van der Waals surface area contributed by atoms with Crippen LogP contribution >= 0.6 is 0 Å². The highest BCUT2D eigenvalue weighted by atomic mass is 28.4. The molecule has 0 radical (unpaired) electrons. The van der Waals surface area contributed by atoms with E-state index in [1.807, 2.05) is 25.1 Å². The number of hydrogen-bond acceptors (Lipinski definition) is 5. The largest absolute Gasteiger partial charge is 0.409 e. The minimum atomic E-state index is -1.98. The van der Waals surface area contributed by atoms with E-state index in [0.717, 1.165) is 5.56 Å². The second-order valence-electron chi connectivity index (χ2n) is 9.08. The molecule has 2 aliphatic heterocycles. The van der Waals surface area contributed by atoms with Gasteiger partial charge in [-0.05, 0) is 30.6 Å². The minimum absolute atomic E-state index is 0.117. The number of benzene rings is 1. The molecule has 0 aliphatic carbocycles. The van der Waals surface area contributed by atoms with Gasteiger partial charge in [-0.25, -0.2) is 0 Å². The smallest absolute Gasteiger partial charge is 0.286 e. The number of hydrogen-bond donors (Lipinski definition) is 0. The lowest BCUT2D eigenvalue weighted by Crippen LogP contribution is -2.59. The van der Waals surface area contributed by atoms with Crippen molar-refractivity contribution in [2.24, 2.45) is 0 Å². The van der Waals surface area contributed by atoms with Crippen LogP contribution in [-0.2, 0) is 30.0 Å². The van der Waals surface area contributed by atoms with E-state index in [4.69, 9.17) is 23.4 Å². The summed E-state index contributed by atoms with van der Waals surface area (Å²) in [5.41, 5.74) is 1.14. The van der Waals surface area contributed by atoms with Crippen LogP contribution in [0.25, 0.3) is 0 Å². The maximum absolute atomic E-state index is 6.74. The summed E-state index contributed by atoms with van der Waals surface area (Å²) in [5, 5.41) is 0.117. The molecule has 2 aliphatic rings. The van der Waals surface area contributed by atoms with Crippen LogP contribution in [0.15, 0.2) is 30.3 Å². The highest BCUT2D eigenvalue weighted by molar-refractivity contribution is 6.74. The first kappa shape index (κ1) is 21.0. The Balaban J connectivity index is 1.77. The summed E-state index contributed by atoms with van der Waals surface area (Å²) < 4.78 is 30.9. The van der Waals surface area contributed by atoms with E-state index in [9.17, 15) is 0 Å². The van der Waals surface area contributed by atoms with Gasteiger partial charge in [-0.15, -0.1) is 0 Å². The first-order valence-corrected chi connectivity index (χ1v) is 12.8. The van der Waals surface area contributed by atoms with E-state index in [0.29, 0.717) is 26.2 Å². The maximum atomic E-state index is 6.74. The topological polar surface area (TPSA) is 46.2 Å². The monoisotopic (exact) mass is 394 g/mol. The lowest BCUT2D eigenvalue weighted by molar-refractivity contribution is -0.389. The highest BCUT2D eigenvalue weighted by Crippen LogP contribution is 2.42. The van der Waals surface area contributed by atoms with Crippen molar-refractivity contribution in [3.8, 4) is 0 Å². The summed E-state index contributed by atoms with van der Waals surface area (Å²) in [6.07, 6.45) is 0.0460. The normalized spacial score (nSPS) is 28.6. The summed E-state index contributed by atoms with van der Waals surface area (Å²) in [6, 6.07) is 10.2. The molecule has 0 saturated carbocycles. The van der Waals surface area contributed by atoms with Crippen LogP contribution in [-0.4, -0.2) is 45.8 Å². The Hall–Kier alpha value is -0.763. The zero-order valence-corrected chi connectivity index (χ0v) is 18.5. The third kappa shape index (κ3) is 4.81. The molecular formula is C21H34O5Si. The number of ether oxygens (including phenoxy) is 4. The summed E-state index contributed by atoms with van der Waals surface area (Å²) in [5.74, 6) is -0.992. The molecule has 0 bridgehead atoms. The van der Waals surface area contributed by atoms with Crippen molar-refractivity contribution in [1.29, 1.82) is 0 Å². The zero-order valence-electron chi connectivity index (χ0n) is 17.5. The molecule has 0 aromatic heterocycles. The Labute approximate surface area is 164 Å². The molecular weight excluding hydrogens is 360 g/mol. The molecule has 1 aromatic rings. The van der Waals surface area contributed by atoms with E-state index in [1.54, 1.807) is 0 Å². The predicted molar refractivity (Wildman–Crippen MR) is 107 cm³/mol. The molecule has 2 saturated heterocycles. The van der Waals surface area contributed by atoms with Gasteiger partial charge < -0.3 is 23.4 Å². The van der Waals surface area contributed by atoms with Gasteiger partial charge in [-0.2, -0.15) is 0 Å². The van der Waals surface area contributed by atoms with Crippen LogP contribution in [0.4, 0.5) is 0 Å². The van der Waals surface area contributed by atoms with Gasteiger partial charge >= 0.3 is 0 Å². The molecule has 3 atom stereocenters. The van der Waals surface area contributed by atoms with Crippen LogP contribution in [0.2, 0.25) is 18.1 Å².